The zero-order valence-electron chi connectivity index (χ0n) is 32.7. The minimum absolute atomic E-state index is 0. The van der Waals surface area contributed by atoms with Gasteiger partial charge in [0, 0.05) is 31.7 Å². The van der Waals surface area contributed by atoms with E-state index in [0.29, 0.717) is 0 Å². The largest absolute Gasteiger partial charge is 2.00 e. The van der Waals surface area contributed by atoms with Crippen molar-refractivity contribution in [2.45, 2.75) is 23.6 Å². The van der Waals surface area contributed by atoms with Gasteiger partial charge in [-0.1, -0.05) is 157 Å². The molecule has 10 radical (unpaired) electrons. The van der Waals surface area contributed by atoms with Crippen LogP contribution in [0.15, 0.2) is 180 Å². The van der Waals surface area contributed by atoms with Gasteiger partial charge in [0.05, 0.1) is 9.79 Å². The minimum Gasteiger partial charge on any atom is -0.282 e. The zero-order chi connectivity index (χ0) is 41.4. The number of benzene rings is 6. The van der Waals surface area contributed by atoms with Crippen LogP contribution in [0, 0.1) is 76.5 Å². The Morgan fingerprint density at radius 3 is 0.783 bits per heavy atom. The molecular formula is C48H44O6OsP2PdS2+2. The Balaban J connectivity index is 0.000000217. The van der Waals surface area contributed by atoms with Crippen LogP contribution in [-0.2, 0) is 60.4 Å². The minimum atomic E-state index is -4.02. The van der Waals surface area contributed by atoms with Crippen LogP contribution < -0.4 is 21.2 Å². The summed E-state index contributed by atoms with van der Waals surface area (Å²) in [6, 6.07) is 55.1. The molecule has 2 N–H and O–H groups in total. The van der Waals surface area contributed by atoms with E-state index in [4.69, 9.17) is 9.11 Å². The summed E-state index contributed by atoms with van der Waals surface area (Å²) in [5, 5.41) is 5.63. The van der Waals surface area contributed by atoms with E-state index < -0.39 is 36.1 Å². The van der Waals surface area contributed by atoms with Gasteiger partial charge in [0.15, 0.2) is 0 Å². The second-order valence-electron chi connectivity index (χ2n) is 12.9. The third-order valence-corrected chi connectivity index (χ3v) is 15.1. The van der Waals surface area contributed by atoms with Crippen LogP contribution in [0.4, 0.5) is 0 Å². The van der Waals surface area contributed by atoms with Crippen LogP contribution in [0.3, 0.4) is 0 Å². The first-order valence-corrected chi connectivity index (χ1v) is 23.8. The summed E-state index contributed by atoms with van der Waals surface area (Å²) in [7, 11) is -8.86. The topological polar surface area (TPSA) is 109 Å². The van der Waals surface area contributed by atoms with Gasteiger partial charge in [-0.25, -0.2) is 0 Å². The molecular weight excluding hydrogens is 1100 g/mol. The number of hydrogen-bond donors (Lipinski definition) is 2. The van der Waals surface area contributed by atoms with Gasteiger partial charge in [-0.05, 0) is 127 Å². The fraction of sp³-hybridized carbons (Fsp3) is 0.0417. The van der Waals surface area contributed by atoms with Crippen molar-refractivity contribution >= 4 is 57.3 Å². The van der Waals surface area contributed by atoms with Crippen molar-refractivity contribution in [2.75, 3.05) is 0 Å². The monoisotopic (exact) mass is 1140 g/mol. The van der Waals surface area contributed by atoms with Crippen LogP contribution in [-0.4, -0.2) is 25.9 Å². The first-order chi connectivity index (χ1) is 27.9. The van der Waals surface area contributed by atoms with Gasteiger partial charge in [-0.15, -0.1) is 0 Å². The molecule has 6 aromatic rings. The molecule has 0 aromatic heterocycles. The van der Waals surface area contributed by atoms with Gasteiger partial charge in [0.25, 0.3) is 20.2 Å². The molecule has 0 unspecified atom stereocenters. The maximum absolute atomic E-state index is 10.5. The van der Waals surface area contributed by atoms with E-state index in [0.717, 1.165) is 11.1 Å². The van der Waals surface area contributed by atoms with Crippen LogP contribution in [0.25, 0.3) is 0 Å². The van der Waals surface area contributed by atoms with Crippen molar-refractivity contribution in [3.05, 3.63) is 244 Å². The fourth-order valence-corrected chi connectivity index (χ4v) is 11.2. The van der Waals surface area contributed by atoms with E-state index in [9.17, 15) is 16.8 Å². The molecule has 0 spiro atoms. The van der Waals surface area contributed by atoms with Crippen LogP contribution in [0.1, 0.15) is 11.1 Å². The fourth-order valence-electron chi connectivity index (χ4n) is 5.65. The molecule has 60 heavy (non-hydrogen) atoms. The van der Waals surface area contributed by atoms with Gasteiger partial charge >= 0.3 is 19.8 Å². The first-order valence-electron chi connectivity index (χ1n) is 18.2. The molecule has 0 bridgehead atoms. The maximum Gasteiger partial charge on any atom is 2.00 e. The zero-order valence-corrected chi connectivity index (χ0v) is 40.2. The van der Waals surface area contributed by atoms with Crippen LogP contribution in [0.5, 0.6) is 0 Å². The molecule has 2 aliphatic carbocycles. The molecule has 6 aromatic carbocycles. The van der Waals surface area contributed by atoms with Crippen molar-refractivity contribution < 1.29 is 66.2 Å². The normalized spacial score (nSPS) is 14.0. The van der Waals surface area contributed by atoms with E-state index in [1.807, 2.05) is 13.8 Å². The standard InChI is InChI=1S/2C17H14P.2C7H8O3S.Os.Pd/c2*1-3-9-15(10-4-1)18(17-13-7-8-14-17)16-11-5-2-6-12-16;2*1-6-2-4-7(5-3-6)11(8,9)10;;/h2*1-14H;2*2-5H,1H3,(H,8,9,10);;/q;;;;+2;. The van der Waals surface area contributed by atoms with Gasteiger partial charge in [0.2, 0.25) is 0 Å². The molecule has 6 nitrogen and oxygen atoms in total. The number of rotatable bonds is 8. The molecule has 0 amide bonds. The van der Waals surface area contributed by atoms with Crippen molar-refractivity contribution in [1.82, 2.24) is 0 Å². The molecule has 310 valence electrons. The van der Waals surface area contributed by atoms with Gasteiger partial charge in [0.1, 0.15) is 0 Å². The van der Waals surface area contributed by atoms with Crippen molar-refractivity contribution in [2.24, 2.45) is 0 Å². The van der Waals surface area contributed by atoms with Crippen molar-refractivity contribution in [3.8, 4) is 0 Å². The van der Waals surface area contributed by atoms with Crippen molar-refractivity contribution in [1.29, 1.82) is 0 Å². The van der Waals surface area contributed by atoms with Crippen LogP contribution >= 0.6 is 15.8 Å². The molecule has 0 aliphatic heterocycles. The maximum atomic E-state index is 10.5. The predicted octanol–water partition coefficient (Wildman–Crippen LogP) is 9.44. The Hall–Kier alpha value is -2.70. The summed E-state index contributed by atoms with van der Waals surface area (Å²) >= 11 is 0. The molecule has 8 rings (SSSR count). The number of hydrogen-bond acceptors (Lipinski definition) is 4. The van der Waals surface area contributed by atoms with Crippen LogP contribution in [0.2, 0.25) is 0 Å². The average molecular weight is 1140 g/mol. The Morgan fingerprint density at radius 1 is 0.367 bits per heavy atom. The van der Waals surface area contributed by atoms with E-state index >= 15 is 0 Å². The molecule has 0 atom stereocenters. The van der Waals surface area contributed by atoms with Gasteiger partial charge < -0.3 is 0 Å². The van der Waals surface area contributed by atoms with E-state index in [1.165, 1.54) is 56.8 Å². The summed E-state index contributed by atoms with van der Waals surface area (Å²) in [5.41, 5.74) is 4.75. The summed E-state index contributed by atoms with van der Waals surface area (Å²) < 4.78 is 59.1. The first kappa shape index (κ1) is 51.6. The molecule has 0 heterocycles. The molecule has 12 heteroatoms. The SMILES string of the molecule is Cc1ccc(S(=O)(=O)O)cc1.Cc1ccc(S(=O)(=O)O)cc1.[CH]1[CH][CH][C](P(c2ccccc2)c2ccccc2)[CH]1.[CH]1[CH][CH][C](P(c2ccccc2)c2ccccc2)[CH]1.[Os+2].[Pd]. The summed E-state index contributed by atoms with van der Waals surface area (Å²) in [6.45, 7) is 3.68. The Morgan fingerprint density at radius 2 is 0.583 bits per heavy atom. The summed E-state index contributed by atoms with van der Waals surface area (Å²) in [4.78, 5) is -0.133. The second kappa shape index (κ2) is 26.0. The molecule has 2 fully saturated rings. The Kier molecular flexibility index (Phi) is 22.4. The molecule has 2 aliphatic rings. The Labute approximate surface area is 387 Å². The van der Waals surface area contributed by atoms with Crippen molar-refractivity contribution in [3.63, 3.8) is 0 Å². The second-order valence-corrected chi connectivity index (χ2v) is 20.2. The predicted molar refractivity (Wildman–Crippen MR) is 241 cm³/mol. The molecule has 0 saturated heterocycles. The summed E-state index contributed by atoms with van der Waals surface area (Å²) in [5.74, 6) is 0. The number of aryl methyl sites for hydroxylation is 2. The van der Waals surface area contributed by atoms with E-state index in [-0.39, 0.29) is 50.0 Å². The Bertz CT molecular complexity index is 2070. The van der Waals surface area contributed by atoms with Gasteiger partial charge in [-0.3, -0.25) is 9.11 Å². The summed E-state index contributed by atoms with van der Waals surface area (Å²) in [6.07, 6.45) is 17.4. The third-order valence-electron chi connectivity index (χ3n) is 8.50. The van der Waals surface area contributed by atoms with E-state index in [1.54, 1.807) is 24.3 Å². The smallest absolute Gasteiger partial charge is 0.282 e. The third kappa shape index (κ3) is 16.5. The quantitative estimate of drug-likeness (QED) is 0.0894. The average Bonchev–Trinajstić information content (AvgIpc) is 3.97. The van der Waals surface area contributed by atoms with E-state index in [2.05, 4.69) is 173 Å². The van der Waals surface area contributed by atoms with Gasteiger partial charge in [-0.2, -0.15) is 16.8 Å². The molecule has 2 saturated carbocycles.